The molecule has 6 heteroatoms. The Kier molecular flexibility index (Phi) is 4.47. The van der Waals surface area contributed by atoms with Crippen molar-refractivity contribution in [3.8, 4) is 0 Å². The fourth-order valence-corrected chi connectivity index (χ4v) is 5.00. The molecule has 1 aliphatic rings. The molecule has 0 atom stereocenters. The number of fused-ring (bicyclic) bond motifs is 3. The largest absolute Gasteiger partial charge is 0.377 e. The third-order valence-corrected chi connectivity index (χ3v) is 6.48. The third kappa shape index (κ3) is 2.80. The molecule has 4 rings (SSSR count). The molecule has 1 saturated carbocycles. The maximum Gasteiger partial charge on any atom is 0.271 e. The highest BCUT2D eigenvalue weighted by Gasteiger charge is 2.22. The number of hydrogen-bond acceptors (Lipinski definition) is 5. The molecule has 0 bridgehead atoms. The van der Waals surface area contributed by atoms with E-state index in [1.165, 1.54) is 30.6 Å². The van der Waals surface area contributed by atoms with Crippen molar-refractivity contribution in [3.63, 3.8) is 0 Å². The average Bonchev–Trinajstić information content (AvgIpc) is 3.01. The minimum atomic E-state index is 0.0979. The first kappa shape index (κ1) is 17.5. The van der Waals surface area contributed by atoms with Crippen molar-refractivity contribution >= 4 is 37.5 Å². The molecule has 5 nitrogen and oxygen atoms in total. The monoisotopic (exact) mass is 370 g/mol. The van der Waals surface area contributed by atoms with Crippen molar-refractivity contribution in [1.29, 1.82) is 0 Å². The number of nitrogens with zero attached hydrogens (tertiary/aromatic N) is 4. The zero-order chi connectivity index (χ0) is 18.4. The molecule has 0 spiro atoms. The maximum atomic E-state index is 13.2. The molecule has 0 N–H and O–H groups in total. The Labute approximate surface area is 157 Å². The first-order valence-electron chi connectivity index (χ1n) is 9.49. The van der Waals surface area contributed by atoms with Crippen molar-refractivity contribution in [2.24, 2.45) is 0 Å². The highest BCUT2D eigenvalue weighted by Crippen LogP contribution is 2.38. The van der Waals surface area contributed by atoms with E-state index >= 15 is 0 Å². The second-order valence-electron chi connectivity index (χ2n) is 7.82. The molecule has 26 heavy (non-hydrogen) atoms. The van der Waals surface area contributed by atoms with Crippen LogP contribution in [-0.2, 0) is 0 Å². The third-order valence-electron chi connectivity index (χ3n) is 5.42. The van der Waals surface area contributed by atoms with Crippen LogP contribution >= 0.6 is 11.3 Å². The standard InChI is InChI=1S/C20H26N4OS/c1-12(2)14-10-15(23(3)4)16-17-18(26-19(16)22-14)20(25)24(11-21-17)13-8-6-5-7-9-13/h10-13H,5-9H2,1-4H3. The minimum absolute atomic E-state index is 0.0979. The summed E-state index contributed by atoms with van der Waals surface area (Å²) in [6.07, 6.45) is 7.60. The summed E-state index contributed by atoms with van der Waals surface area (Å²) >= 11 is 1.50. The predicted octanol–water partition coefficient (Wildman–Crippen LogP) is 4.70. The molecular weight excluding hydrogens is 344 g/mol. The summed E-state index contributed by atoms with van der Waals surface area (Å²) in [4.78, 5) is 25.8. The van der Waals surface area contributed by atoms with Gasteiger partial charge in [0.25, 0.3) is 5.56 Å². The van der Waals surface area contributed by atoms with Gasteiger partial charge in [0.2, 0.25) is 0 Å². The fraction of sp³-hybridized carbons (Fsp3) is 0.550. The van der Waals surface area contributed by atoms with Crippen LogP contribution in [0.4, 0.5) is 5.69 Å². The second-order valence-corrected chi connectivity index (χ2v) is 8.82. The topological polar surface area (TPSA) is 51.0 Å². The summed E-state index contributed by atoms with van der Waals surface area (Å²) in [6, 6.07) is 2.43. The van der Waals surface area contributed by atoms with E-state index in [-0.39, 0.29) is 5.56 Å². The lowest BCUT2D eigenvalue weighted by molar-refractivity contribution is 0.345. The zero-order valence-corrected chi connectivity index (χ0v) is 16.8. The summed E-state index contributed by atoms with van der Waals surface area (Å²) in [7, 11) is 4.07. The first-order valence-corrected chi connectivity index (χ1v) is 10.3. The smallest absolute Gasteiger partial charge is 0.271 e. The summed E-state index contributed by atoms with van der Waals surface area (Å²) in [5.41, 5.74) is 3.04. The quantitative estimate of drug-likeness (QED) is 0.670. The lowest BCUT2D eigenvalue weighted by atomic mass is 9.95. The van der Waals surface area contributed by atoms with Gasteiger partial charge in [-0.25, -0.2) is 9.97 Å². The Hall–Kier alpha value is -1.95. The van der Waals surface area contributed by atoms with Gasteiger partial charge in [0.05, 0.1) is 22.9 Å². The van der Waals surface area contributed by atoms with E-state index in [0.29, 0.717) is 12.0 Å². The van der Waals surface area contributed by atoms with Gasteiger partial charge in [-0.2, -0.15) is 0 Å². The summed E-state index contributed by atoms with van der Waals surface area (Å²) < 4.78 is 2.61. The van der Waals surface area contributed by atoms with E-state index in [1.54, 1.807) is 6.33 Å². The number of aromatic nitrogens is 3. The Morgan fingerprint density at radius 1 is 1.23 bits per heavy atom. The van der Waals surface area contributed by atoms with Gasteiger partial charge in [-0.05, 0) is 24.8 Å². The van der Waals surface area contributed by atoms with Gasteiger partial charge in [-0.3, -0.25) is 9.36 Å². The van der Waals surface area contributed by atoms with Crippen LogP contribution in [0.2, 0.25) is 0 Å². The Bertz CT molecular complexity index is 1010. The maximum absolute atomic E-state index is 13.2. The first-order chi connectivity index (χ1) is 12.5. The van der Waals surface area contributed by atoms with Gasteiger partial charge in [0.1, 0.15) is 9.53 Å². The van der Waals surface area contributed by atoms with Crippen molar-refractivity contribution in [3.05, 3.63) is 28.4 Å². The lowest BCUT2D eigenvalue weighted by Crippen LogP contribution is -2.26. The molecule has 0 aromatic carbocycles. The molecule has 0 amide bonds. The van der Waals surface area contributed by atoms with E-state index in [9.17, 15) is 4.79 Å². The van der Waals surface area contributed by atoms with Crippen LogP contribution in [0.5, 0.6) is 0 Å². The molecule has 0 aliphatic heterocycles. The van der Waals surface area contributed by atoms with E-state index in [4.69, 9.17) is 9.97 Å². The van der Waals surface area contributed by atoms with Gasteiger partial charge in [0.15, 0.2) is 0 Å². The number of pyridine rings is 1. The molecule has 3 aromatic heterocycles. The van der Waals surface area contributed by atoms with Crippen molar-refractivity contribution in [2.45, 2.75) is 57.9 Å². The van der Waals surface area contributed by atoms with Crippen molar-refractivity contribution in [2.75, 3.05) is 19.0 Å². The average molecular weight is 371 g/mol. The molecule has 0 saturated heterocycles. The number of rotatable bonds is 3. The van der Waals surface area contributed by atoms with Crippen LogP contribution in [-0.4, -0.2) is 28.6 Å². The van der Waals surface area contributed by atoms with E-state index < -0.39 is 0 Å². The Morgan fingerprint density at radius 2 is 1.96 bits per heavy atom. The Balaban J connectivity index is 1.97. The number of thiophene rings is 1. The molecule has 138 valence electrons. The van der Waals surface area contributed by atoms with Gasteiger partial charge in [0, 0.05) is 25.8 Å². The molecule has 3 heterocycles. The number of hydrogen-bond donors (Lipinski definition) is 0. The molecule has 1 fully saturated rings. The summed E-state index contributed by atoms with van der Waals surface area (Å²) in [6.45, 7) is 4.30. The van der Waals surface area contributed by atoms with Crippen LogP contribution in [0.25, 0.3) is 20.4 Å². The van der Waals surface area contributed by atoms with Crippen LogP contribution in [0.15, 0.2) is 17.2 Å². The summed E-state index contributed by atoms with van der Waals surface area (Å²) in [5.74, 6) is 0.343. The number of anilines is 1. The van der Waals surface area contributed by atoms with Crippen molar-refractivity contribution < 1.29 is 0 Å². The van der Waals surface area contributed by atoms with Gasteiger partial charge >= 0.3 is 0 Å². The van der Waals surface area contributed by atoms with Crippen molar-refractivity contribution in [1.82, 2.24) is 14.5 Å². The molecular formula is C20H26N4OS. The van der Waals surface area contributed by atoms with Crippen LogP contribution in [0.1, 0.15) is 63.6 Å². The molecule has 1 aliphatic carbocycles. The van der Waals surface area contributed by atoms with Crippen LogP contribution in [0.3, 0.4) is 0 Å². The highest BCUT2D eigenvalue weighted by molar-refractivity contribution is 7.25. The Morgan fingerprint density at radius 3 is 2.62 bits per heavy atom. The summed E-state index contributed by atoms with van der Waals surface area (Å²) in [5, 5.41) is 1.01. The molecule has 0 unspecified atom stereocenters. The van der Waals surface area contributed by atoms with Gasteiger partial charge in [-0.1, -0.05) is 33.1 Å². The lowest BCUT2D eigenvalue weighted by Gasteiger charge is -2.23. The van der Waals surface area contributed by atoms with Gasteiger partial charge < -0.3 is 4.90 Å². The normalized spacial score (nSPS) is 16.0. The van der Waals surface area contributed by atoms with Crippen LogP contribution < -0.4 is 10.5 Å². The molecule has 0 radical (unpaired) electrons. The zero-order valence-electron chi connectivity index (χ0n) is 16.0. The highest BCUT2D eigenvalue weighted by atomic mass is 32.1. The van der Waals surface area contributed by atoms with Gasteiger partial charge in [-0.15, -0.1) is 11.3 Å². The second kappa shape index (κ2) is 6.65. The predicted molar refractivity (Wildman–Crippen MR) is 110 cm³/mol. The molecule has 3 aromatic rings. The van der Waals surface area contributed by atoms with Crippen LogP contribution in [0, 0.1) is 0 Å². The minimum Gasteiger partial charge on any atom is -0.377 e. The SMILES string of the molecule is CC(C)c1cc(N(C)C)c2c(n1)sc1c(=O)n(C3CCCCC3)cnc12. The van der Waals surface area contributed by atoms with E-state index in [1.807, 2.05) is 18.7 Å². The van der Waals surface area contributed by atoms with E-state index in [2.05, 4.69) is 24.8 Å². The fourth-order valence-electron chi connectivity index (χ4n) is 3.91. The van der Waals surface area contributed by atoms with E-state index in [0.717, 1.165) is 44.7 Å².